The smallest absolute Gasteiger partial charge is 0.338 e. The number of nitrogens with one attached hydrogen (secondary N) is 1. The molecule has 0 unspecified atom stereocenters. The third kappa shape index (κ3) is 6.20. The summed E-state index contributed by atoms with van der Waals surface area (Å²) in [6.45, 7) is 0.0369. The molecule has 1 N–H and O–H groups in total. The Hall–Kier alpha value is -3.09. The Labute approximate surface area is 174 Å². The zero-order chi connectivity index (χ0) is 20.5. The molecule has 0 aliphatic carbocycles. The van der Waals surface area contributed by atoms with Gasteiger partial charge in [0.2, 0.25) is 0 Å². The Morgan fingerprint density at radius 2 is 1.69 bits per heavy atom. The van der Waals surface area contributed by atoms with E-state index in [0.717, 1.165) is 15.4 Å². The molecule has 0 fully saturated rings. The zero-order valence-corrected chi connectivity index (χ0v) is 16.8. The van der Waals surface area contributed by atoms with Crippen molar-refractivity contribution in [2.45, 2.75) is 16.4 Å². The first-order valence-corrected chi connectivity index (χ1v) is 9.84. The van der Waals surface area contributed by atoms with Gasteiger partial charge in [0.15, 0.2) is 6.61 Å². The largest absolute Gasteiger partial charge is 0.452 e. The van der Waals surface area contributed by atoms with Gasteiger partial charge in [-0.15, -0.1) is 0 Å². The molecule has 3 aromatic carbocycles. The van der Waals surface area contributed by atoms with Crippen LogP contribution in [0.15, 0.2) is 88.7 Å². The molecule has 0 heterocycles. The van der Waals surface area contributed by atoms with Gasteiger partial charge >= 0.3 is 5.97 Å². The molecule has 0 spiro atoms. The Morgan fingerprint density at radius 1 is 0.931 bits per heavy atom. The van der Waals surface area contributed by atoms with Gasteiger partial charge in [-0.2, -0.15) is 0 Å². The number of hydrogen-bond acceptors (Lipinski definition) is 5. The normalized spacial score (nSPS) is 10.4. The topological polar surface area (TPSA) is 64.6 Å². The van der Waals surface area contributed by atoms with Crippen molar-refractivity contribution in [2.75, 3.05) is 19.0 Å². The molecule has 0 aromatic heterocycles. The maximum atomic E-state index is 12.3. The molecule has 1 amide bonds. The molecular weight excluding hydrogens is 386 g/mol. The summed E-state index contributed by atoms with van der Waals surface area (Å²) >= 11 is 1.55. The van der Waals surface area contributed by atoms with Crippen molar-refractivity contribution < 1.29 is 19.1 Å². The van der Waals surface area contributed by atoms with Gasteiger partial charge in [-0.1, -0.05) is 54.2 Å². The highest BCUT2D eigenvalue weighted by molar-refractivity contribution is 7.99. The summed E-state index contributed by atoms with van der Waals surface area (Å²) in [7, 11) is 1.59. The van der Waals surface area contributed by atoms with Crippen LogP contribution in [0.1, 0.15) is 15.9 Å². The van der Waals surface area contributed by atoms with E-state index in [1.165, 1.54) is 0 Å². The maximum absolute atomic E-state index is 12.3. The molecule has 0 aliphatic rings. The third-order valence-corrected chi connectivity index (χ3v) is 5.02. The summed E-state index contributed by atoms with van der Waals surface area (Å²) < 4.78 is 10.2. The fourth-order valence-electron chi connectivity index (χ4n) is 2.63. The molecular formula is C23H21NO4S. The molecule has 6 heteroatoms. The molecule has 3 aromatic rings. The zero-order valence-electron chi connectivity index (χ0n) is 16.0. The number of esters is 1. The lowest BCUT2D eigenvalue weighted by molar-refractivity contribution is -0.119. The molecule has 29 heavy (non-hydrogen) atoms. The standard InChI is InChI=1S/C23H21NO4S/c1-27-15-17-8-7-9-18(14-17)23(26)28-16-22(25)24-20-12-5-6-13-21(20)29-19-10-3-2-4-11-19/h2-14H,15-16H2,1H3,(H,24,25). The number of para-hydroxylation sites is 1. The second kappa shape index (κ2) is 10.5. The predicted octanol–water partition coefficient (Wildman–Crippen LogP) is 4.78. The summed E-state index contributed by atoms with van der Waals surface area (Å²) in [4.78, 5) is 26.5. The van der Waals surface area contributed by atoms with E-state index < -0.39 is 11.9 Å². The third-order valence-electron chi connectivity index (χ3n) is 3.94. The van der Waals surface area contributed by atoms with Crippen LogP contribution < -0.4 is 5.32 Å². The molecule has 148 valence electrons. The van der Waals surface area contributed by atoms with Crippen LogP contribution >= 0.6 is 11.8 Å². The number of benzene rings is 3. The van der Waals surface area contributed by atoms with E-state index >= 15 is 0 Å². The first-order chi connectivity index (χ1) is 14.2. The van der Waals surface area contributed by atoms with Gasteiger partial charge in [-0.05, 0) is 42.0 Å². The van der Waals surface area contributed by atoms with Gasteiger partial charge < -0.3 is 14.8 Å². The number of methoxy groups -OCH3 is 1. The molecule has 0 atom stereocenters. The van der Waals surface area contributed by atoms with Crippen LogP contribution in [0.2, 0.25) is 0 Å². The minimum atomic E-state index is -0.551. The molecule has 0 bridgehead atoms. The van der Waals surface area contributed by atoms with Crippen LogP contribution in [-0.4, -0.2) is 25.6 Å². The summed E-state index contributed by atoms with van der Waals surface area (Å²) in [5.74, 6) is -0.947. The second-order valence-electron chi connectivity index (χ2n) is 6.17. The van der Waals surface area contributed by atoms with Crippen molar-refractivity contribution in [3.8, 4) is 0 Å². The molecule has 0 radical (unpaired) electrons. The average Bonchev–Trinajstić information content (AvgIpc) is 2.75. The predicted molar refractivity (Wildman–Crippen MR) is 113 cm³/mol. The first kappa shape index (κ1) is 20.6. The van der Waals surface area contributed by atoms with Crippen LogP contribution in [0.5, 0.6) is 0 Å². The van der Waals surface area contributed by atoms with Crippen molar-refractivity contribution in [1.82, 2.24) is 0 Å². The lowest BCUT2D eigenvalue weighted by Gasteiger charge is -2.11. The number of anilines is 1. The summed E-state index contributed by atoms with van der Waals surface area (Å²) in [5.41, 5.74) is 1.91. The molecule has 0 aliphatic heterocycles. The monoisotopic (exact) mass is 407 g/mol. The Balaban J connectivity index is 1.58. The van der Waals surface area contributed by atoms with Gasteiger partial charge in [-0.3, -0.25) is 4.79 Å². The van der Waals surface area contributed by atoms with Gasteiger partial charge in [0.05, 0.1) is 17.9 Å². The first-order valence-electron chi connectivity index (χ1n) is 9.02. The fourth-order valence-corrected chi connectivity index (χ4v) is 3.55. The van der Waals surface area contributed by atoms with E-state index in [1.807, 2.05) is 60.7 Å². The Morgan fingerprint density at radius 3 is 2.48 bits per heavy atom. The van der Waals surface area contributed by atoms with E-state index in [1.54, 1.807) is 37.1 Å². The Kier molecular flexibility index (Phi) is 7.44. The van der Waals surface area contributed by atoms with Crippen LogP contribution in [0.4, 0.5) is 5.69 Å². The highest BCUT2D eigenvalue weighted by Gasteiger charge is 2.12. The number of rotatable bonds is 8. The summed E-state index contributed by atoms with van der Waals surface area (Å²) in [6.07, 6.45) is 0. The summed E-state index contributed by atoms with van der Waals surface area (Å²) in [6, 6.07) is 24.3. The van der Waals surface area contributed by atoms with Crippen LogP contribution in [0.3, 0.4) is 0 Å². The Bertz CT molecular complexity index is 975. The fraction of sp³-hybridized carbons (Fsp3) is 0.130. The number of amides is 1. The molecule has 3 rings (SSSR count). The van der Waals surface area contributed by atoms with Crippen molar-refractivity contribution in [1.29, 1.82) is 0 Å². The number of carbonyl (C=O) groups is 2. The quantitative estimate of drug-likeness (QED) is 0.545. The van der Waals surface area contributed by atoms with Crippen molar-refractivity contribution in [3.05, 3.63) is 90.0 Å². The summed E-state index contributed by atoms with van der Waals surface area (Å²) in [5, 5.41) is 2.81. The maximum Gasteiger partial charge on any atom is 0.338 e. The molecule has 5 nitrogen and oxygen atoms in total. The number of hydrogen-bond donors (Lipinski definition) is 1. The highest BCUT2D eigenvalue weighted by Crippen LogP contribution is 2.33. The second-order valence-corrected chi connectivity index (χ2v) is 7.28. The van der Waals surface area contributed by atoms with E-state index in [4.69, 9.17) is 9.47 Å². The molecule has 0 saturated heterocycles. The highest BCUT2D eigenvalue weighted by atomic mass is 32.2. The van der Waals surface area contributed by atoms with Crippen LogP contribution in [0.25, 0.3) is 0 Å². The number of ether oxygens (including phenoxy) is 2. The van der Waals surface area contributed by atoms with Crippen LogP contribution in [-0.2, 0) is 20.9 Å². The van der Waals surface area contributed by atoms with Crippen molar-refractivity contribution in [3.63, 3.8) is 0 Å². The number of carbonyl (C=O) groups excluding carboxylic acids is 2. The van der Waals surface area contributed by atoms with E-state index in [2.05, 4.69) is 5.32 Å². The average molecular weight is 407 g/mol. The van der Waals surface area contributed by atoms with Crippen molar-refractivity contribution >= 4 is 29.3 Å². The lowest BCUT2D eigenvalue weighted by Crippen LogP contribution is -2.21. The van der Waals surface area contributed by atoms with Gasteiger partial charge in [0.1, 0.15) is 0 Å². The van der Waals surface area contributed by atoms with E-state index in [9.17, 15) is 9.59 Å². The minimum Gasteiger partial charge on any atom is -0.452 e. The van der Waals surface area contributed by atoms with Gasteiger partial charge in [0, 0.05) is 16.9 Å². The van der Waals surface area contributed by atoms with E-state index in [0.29, 0.717) is 17.9 Å². The van der Waals surface area contributed by atoms with Crippen LogP contribution in [0, 0.1) is 0 Å². The lowest BCUT2D eigenvalue weighted by atomic mass is 10.1. The van der Waals surface area contributed by atoms with Crippen molar-refractivity contribution in [2.24, 2.45) is 0 Å². The van der Waals surface area contributed by atoms with Gasteiger partial charge in [0.25, 0.3) is 5.91 Å². The SMILES string of the molecule is COCc1cccc(C(=O)OCC(=O)Nc2ccccc2Sc2ccccc2)c1. The minimum absolute atomic E-state index is 0.363. The molecule has 0 saturated carbocycles. The van der Waals surface area contributed by atoms with Gasteiger partial charge in [-0.25, -0.2) is 4.79 Å². The van der Waals surface area contributed by atoms with E-state index in [-0.39, 0.29) is 6.61 Å².